The van der Waals surface area contributed by atoms with E-state index in [4.69, 9.17) is 4.74 Å². The Labute approximate surface area is 167 Å². The van der Waals surface area contributed by atoms with Gasteiger partial charge in [-0.25, -0.2) is 0 Å². The van der Waals surface area contributed by atoms with Crippen LogP contribution >= 0.6 is 0 Å². The van der Waals surface area contributed by atoms with Crippen molar-refractivity contribution in [2.24, 2.45) is 0 Å². The van der Waals surface area contributed by atoms with Crippen LogP contribution in [-0.4, -0.2) is 43.6 Å². The standard InChI is InChI=1S/C23H29N3O2/c1-4-24(5-2)18-13-11-17(12-14-18)22-25-15-7-10-21(25)23(27)26(22)19-8-6-9-20(16-19)28-3/h6,8-9,11-14,16,21-22H,4-5,7,10,15H2,1-3H3. The molecule has 2 atom stereocenters. The SMILES string of the molecule is CCN(CC)c1ccc(C2N(c3cccc(OC)c3)C(=O)C3CCCN32)cc1. The van der Waals surface area contributed by atoms with E-state index in [1.165, 1.54) is 5.69 Å². The first-order chi connectivity index (χ1) is 13.7. The average molecular weight is 380 g/mol. The fourth-order valence-corrected chi connectivity index (χ4v) is 4.59. The summed E-state index contributed by atoms with van der Waals surface area (Å²) in [5.41, 5.74) is 3.29. The Bertz CT molecular complexity index is 832. The highest BCUT2D eigenvalue weighted by Gasteiger charge is 2.49. The van der Waals surface area contributed by atoms with Gasteiger partial charge in [0.2, 0.25) is 5.91 Å². The predicted molar refractivity (Wildman–Crippen MR) is 113 cm³/mol. The third kappa shape index (κ3) is 3.14. The molecule has 0 N–H and O–H groups in total. The maximum absolute atomic E-state index is 13.3. The number of hydrogen-bond donors (Lipinski definition) is 0. The molecule has 2 saturated heterocycles. The van der Waals surface area contributed by atoms with E-state index in [1.54, 1.807) is 7.11 Å². The lowest BCUT2D eigenvalue weighted by molar-refractivity contribution is -0.119. The van der Waals surface area contributed by atoms with Crippen LogP contribution in [0, 0.1) is 0 Å². The first-order valence-corrected chi connectivity index (χ1v) is 10.3. The van der Waals surface area contributed by atoms with Gasteiger partial charge in [0.05, 0.1) is 13.2 Å². The molecule has 0 aliphatic carbocycles. The molecule has 0 bridgehead atoms. The summed E-state index contributed by atoms with van der Waals surface area (Å²) in [4.78, 5) is 19.9. The van der Waals surface area contributed by atoms with E-state index in [1.807, 2.05) is 29.2 Å². The highest BCUT2D eigenvalue weighted by atomic mass is 16.5. The molecule has 2 fully saturated rings. The molecule has 2 aliphatic rings. The zero-order valence-electron chi connectivity index (χ0n) is 17.0. The van der Waals surface area contributed by atoms with Crippen molar-refractivity contribution in [3.63, 3.8) is 0 Å². The van der Waals surface area contributed by atoms with Crippen molar-refractivity contribution in [2.75, 3.05) is 36.5 Å². The number of amides is 1. The molecule has 2 unspecified atom stereocenters. The summed E-state index contributed by atoms with van der Waals surface area (Å²) in [6, 6.07) is 16.5. The second-order valence-corrected chi connectivity index (χ2v) is 7.44. The minimum atomic E-state index is -0.0575. The van der Waals surface area contributed by atoms with Crippen molar-refractivity contribution in [1.29, 1.82) is 0 Å². The minimum Gasteiger partial charge on any atom is -0.497 e. The summed E-state index contributed by atoms with van der Waals surface area (Å²) < 4.78 is 5.39. The number of benzene rings is 2. The number of carbonyl (C=O) groups is 1. The first kappa shape index (κ1) is 18.8. The smallest absolute Gasteiger partial charge is 0.246 e. The van der Waals surface area contributed by atoms with Crippen LogP contribution in [0.3, 0.4) is 0 Å². The number of fused-ring (bicyclic) bond motifs is 1. The van der Waals surface area contributed by atoms with Gasteiger partial charge in [0.1, 0.15) is 11.9 Å². The van der Waals surface area contributed by atoms with Crippen molar-refractivity contribution in [3.8, 4) is 5.75 Å². The number of methoxy groups -OCH3 is 1. The van der Waals surface area contributed by atoms with E-state index in [0.717, 1.165) is 49.5 Å². The Morgan fingerprint density at radius 3 is 2.54 bits per heavy atom. The maximum Gasteiger partial charge on any atom is 0.246 e. The highest BCUT2D eigenvalue weighted by Crippen LogP contribution is 2.43. The lowest BCUT2D eigenvalue weighted by Crippen LogP contribution is -2.32. The topological polar surface area (TPSA) is 36.0 Å². The lowest BCUT2D eigenvalue weighted by atomic mass is 10.1. The summed E-state index contributed by atoms with van der Waals surface area (Å²) in [6.45, 7) is 7.28. The number of rotatable bonds is 6. The van der Waals surface area contributed by atoms with Gasteiger partial charge in [-0.2, -0.15) is 0 Å². The number of hydrogen-bond acceptors (Lipinski definition) is 4. The Kier molecular flexibility index (Phi) is 5.27. The molecule has 0 saturated carbocycles. The Hall–Kier alpha value is -2.53. The van der Waals surface area contributed by atoms with Crippen LogP contribution < -0.4 is 14.5 Å². The number of anilines is 2. The molecule has 0 aromatic heterocycles. The van der Waals surface area contributed by atoms with Crippen molar-refractivity contribution in [2.45, 2.75) is 38.9 Å². The van der Waals surface area contributed by atoms with E-state index >= 15 is 0 Å². The van der Waals surface area contributed by atoms with Gasteiger partial charge in [-0.15, -0.1) is 0 Å². The molecule has 5 heteroatoms. The fourth-order valence-electron chi connectivity index (χ4n) is 4.59. The number of carbonyl (C=O) groups excluding carboxylic acids is 1. The zero-order valence-corrected chi connectivity index (χ0v) is 17.0. The van der Waals surface area contributed by atoms with Gasteiger partial charge in [-0.1, -0.05) is 18.2 Å². The predicted octanol–water partition coefficient (Wildman–Crippen LogP) is 4.05. The van der Waals surface area contributed by atoms with Gasteiger partial charge >= 0.3 is 0 Å². The lowest BCUT2D eigenvalue weighted by Gasteiger charge is -2.30. The van der Waals surface area contributed by atoms with E-state index in [9.17, 15) is 4.79 Å². The molecule has 5 nitrogen and oxygen atoms in total. The van der Waals surface area contributed by atoms with Crippen LogP contribution in [0.15, 0.2) is 48.5 Å². The average Bonchev–Trinajstić information content (AvgIpc) is 3.32. The molecule has 2 heterocycles. The van der Waals surface area contributed by atoms with Crippen LogP contribution in [0.25, 0.3) is 0 Å². The van der Waals surface area contributed by atoms with Crippen molar-refractivity contribution in [1.82, 2.24) is 4.90 Å². The molecule has 148 valence electrons. The van der Waals surface area contributed by atoms with Crippen LogP contribution in [0.2, 0.25) is 0 Å². The molecule has 0 radical (unpaired) electrons. The molecule has 2 aromatic rings. The van der Waals surface area contributed by atoms with Gasteiger partial charge in [-0.3, -0.25) is 14.6 Å². The quantitative estimate of drug-likeness (QED) is 0.759. The van der Waals surface area contributed by atoms with Crippen LogP contribution in [0.5, 0.6) is 5.75 Å². The second kappa shape index (κ2) is 7.84. The summed E-state index contributed by atoms with van der Waals surface area (Å²) in [5.74, 6) is 0.969. The molecular weight excluding hydrogens is 350 g/mol. The summed E-state index contributed by atoms with van der Waals surface area (Å²) in [5, 5.41) is 0. The van der Waals surface area contributed by atoms with E-state index in [0.29, 0.717) is 0 Å². The minimum absolute atomic E-state index is 0.0151. The number of nitrogens with zero attached hydrogens (tertiary/aromatic N) is 3. The Balaban J connectivity index is 1.72. The van der Waals surface area contributed by atoms with Crippen molar-refractivity contribution < 1.29 is 9.53 Å². The maximum atomic E-state index is 13.3. The van der Waals surface area contributed by atoms with Crippen LogP contribution in [0.4, 0.5) is 11.4 Å². The van der Waals surface area contributed by atoms with E-state index in [-0.39, 0.29) is 18.1 Å². The van der Waals surface area contributed by atoms with Gasteiger partial charge in [0.15, 0.2) is 0 Å². The summed E-state index contributed by atoms with van der Waals surface area (Å²) >= 11 is 0. The molecule has 28 heavy (non-hydrogen) atoms. The Morgan fingerprint density at radius 1 is 1.11 bits per heavy atom. The third-order valence-electron chi connectivity index (χ3n) is 6.03. The highest BCUT2D eigenvalue weighted by molar-refractivity contribution is 6.00. The van der Waals surface area contributed by atoms with Crippen LogP contribution in [0.1, 0.15) is 38.4 Å². The molecule has 2 aliphatic heterocycles. The van der Waals surface area contributed by atoms with E-state index < -0.39 is 0 Å². The molecule has 1 amide bonds. The normalized spacial score (nSPS) is 21.8. The molecule has 4 rings (SSSR count). The monoisotopic (exact) mass is 379 g/mol. The summed E-state index contributed by atoms with van der Waals surface area (Å²) in [6.07, 6.45) is 1.96. The zero-order chi connectivity index (χ0) is 19.7. The second-order valence-electron chi connectivity index (χ2n) is 7.44. The molecule has 2 aromatic carbocycles. The first-order valence-electron chi connectivity index (χ1n) is 10.3. The molecule has 0 spiro atoms. The van der Waals surface area contributed by atoms with Gasteiger partial charge < -0.3 is 9.64 Å². The fraction of sp³-hybridized carbons (Fsp3) is 0.435. The van der Waals surface area contributed by atoms with Gasteiger partial charge in [0.25, 0.3) is 0 Å². The summed E-state index contributed by atoms with van der Waals surface area (Å²) in [7, 11) is 1.66. The van der Waals surface area contributed by atoms with Gasteiger partial charge in [0, 0.05) is 37.1 Å². The van der Waals surface area contributed by atoms with E-state index in [2.05, 4.69) is 47.9 Å². The van der Waals surface area contributed by atoms with Crippen LogP contribution in [-0.2, 0) is 4.79 Å². The molecular formula is C23H29N3O2. The Morgan fingerprint density at radius 2 is 1.86 bits per heavy atom. The third-order valence-corrected chi connectivity index (χ3v) is 6.03. The largest absolute Gasteiger partial charge is 0.497 e. The van der Waals surface area contributed by atoms with Gasteiger partial charge in [-0.05, 0) is 56.5 Å². The number of ether oxygens (including phenoxy) is 1. The van der Waals surface area contributed by atoms with Crippen molar-refractivity contribution in [3.05, 3.63) is 54.1 Å². The van der Waals surface area contributed by atoms with Crippen molar-refractivity contribution >= 4 is 17.3 Å².